The van der Waals surface area contributed by atoms with Gasteiger partial charge in [0.05, 0.1) is 13.7 Å². The molecule has 0 saturated carbocycles. The molecule has 1 heterocycles. The minimum absolute atomic E-state index is 0.307. The van der Waals surface area contributed by atoms with Crippen LogP contribution in [0.5, 0.6) is 0 Å². The van der Waals surface area contributed by atoms with E-state index < -0.39 is 5.60 Å². The molecule has 3 nitrogen and oxygen atoms in total. The number of hydrogen-bond acceptors (Lipinski definition) is 3. The Kier molecular flexibility index (Phi) is 3.44. The van der Waals surface area contributed by atoms with Crippen LogP contribution in [0, 0.1) is 12.8 Å². The first-order valence-electron chi connectivity index (χ1n) is 6.32. The maximum absolute atomic E-state index is 11.7. The summed E-state index contributed by atoms with van der Waals surface area (Å²) in [6.45, 7) is 6.90. The quantitative estimate of drug-likeness (QED) is 0.607. The molecule has 0 N–H and O–H groups in total. The van der Waals surface area contributed by atoms with Crippen molar-refractivity contribution in [3.8, 4) is 0 Å². The minimum atomic E-state index is -0.837. The van der Waals surface area contributed by atoms with Gasteiger partial charge in [0, 0.05) is 0 Å². The molecule has 1 aliphatic heterocycles. The maximum Gasteiger partial charge on any atom is 0.345 e. The third-order valence-corrected chi connectivity index (χ3v) is 3.39. The summed E-state index contributed by atoms with van der Waals surface area (Å²) in [5.41, 5.74) is 2.60. The first-order valence-corrected chi connectivity index (χ1v) is 6.32. The number of ether oxygens (including phenoxy) is 2. The van der Waals surface area contributed by atoms with Crippen molar-refractivity contribution in [3.63, 3.8) is 0 Å². The van der Waals surface area contributed by atoms with E-state index in [1.165, 1.54) is 18.2 Å². The second kappa shape index (κ2) is 4.73. The van der Waals surface area contributed by atoms with Crippen molar-refractivity contribution >= 4 is 5.97 Å². The number of rotatable bonds is 4. The van der Waals surface area contributed by atoms with E-state index in [9.17, 15) is 4.79 Å². The molecule has 1 saturated heterocycles. The van der Waals surface area contributed by atoms with E-state index in [1.54, 1.807) is 0 Å². The summed E-state index contributed by atoms with van der Waals surface area (Å²) >= 11 is 0. The van der Waals surface area contributed by atoms with Gasteiger partial charge in [-0.05, 0) is 36.0 Å². The van der Waals surface area contributed by atoms with Crippen molar-refractivity contribution in [2.75, 3.05) is 13.7 Å². The zero-order chi connectivity index (χ0) is 13.3. The highest BCUT2D eigenvalue weighted by Gasteiger charge is 2.55. The highest BCUT2D eigenvalue weighted by Crippen LogP contribution is 2.40. The van der Waals surface area contributed by atoms with Gasteiger partial charge in [-0.3, -0.25) is 0 Å². The number of carbonyl (C=O) groups is 1. The molecule has 1 aliphatic rings. The molecule has 0 aromatic heterocycles. The zero-order valence-corrected chi connectivity index (χ0v) is 11.4. The molecular formula is C15H20O3. The van der Waals surface area contributed by atoms with Crippen LogP contribution in [0.1, 0.15) is 30.5 Å². The smallest absolute Gasteiger partial charge is 0.345 e. The van der Waals surface area contributed by atoms with Crippen LogP contribution >= 0.6 is 0 Å². The Morgan fingerprint density at radius 1 is 1.50 bits per heavy atom. The number of methoxy groups -OCH3 is 1. The number of hydrogen-bond donors (Lipinski definition) is 0. The van der Waals surface area contributed by atoms with Crippen LogP contribution in [0.15, 0.2) is 18.2 Å². The highest BCUT2D eigenvalue weighted by molar-refractivity contribution is 5.84. The summed E-state index contributed by atoms with van der Waals surface area (Å²) in [6, 6.07) is 6.12. The summed E-state index contributed by atoms with van der Waals surface area (Å²) in [7, 11) is 1.39. The van der Waals surface area contributed by atoms with Gasteiger partial charge in [-0.2, -0.15) is 0 Å². The van der Waals surface area contributed by atoms with Gasteiger partial charge in [0.25, 0.3) is 0 Å². The highest BCUT2D eigenvalue weighted by atomic mass is 16.6. The summed E-state index contributed by atoms with van der Waals surface area (Å²) in [4.78, 5) is 11.7. The lowest BCUT2D eigenvalue weighted by Gasteiger charge is -2.14. The van der Waals surface area contributed by atoms with E-state index >= 15 is 0 Å². The van der Waals surface area contributed by atoms with Gasteiger partial charge in [-0.25, -0.2) is 4.79 Å². The van der Waals surface area contributed by atoms with Crippen molar-refractivity contribution in [2.45, 2.75) is 32.8 Å². The van der Waals surface area contributed by atoms with Gasteiger partial charge in [0.1, 0.15) is 0 Å². The number of carbonyl (C=O) groups excluding carboxylic acids is 1. The molecule has 1 unspecified atom stereocenters. The van der Waals surface area contributed by atoms with Crippen molar-refractivity contribution in [1.29, 1.82) is 0 Å². The Morgan fingerprint density at radius 3 is 2.61 bits per heavy atom. The van der Waals surface area contributed by atoms with Crippen LogP contribution in [0.2, 0.25) is 0 Å². The molecule has 3 heteroatoms. The molecule has 0 amide bonds. The second-order valence-electron chi connectivity index (χ2n) is 5.35. The molecule has 98 valence electrons. The lowest BCUT2D eigenvalue weighted by Crippen LogP contribution is -2.23. The molecule has 0 spiro atoms. The van der Waals surface area contributed by atoms with Gasteiger partial charge in [-0.15, -0.1) is 0 Å². The normalized spacial score (nSPS) is 22.1. The van der Waals surface area contributed by atoms with Gasteiger partial charge >= 0.3 is 5.97 Å². The van der Waals surface area contributed by atoms with Crippen LogP contribution in [-0.4, -0.2) is 19.7 Å². The van der Waals surface area contributed by atoms with Crippen LogP contribution in [0.25, 0.3) is 0 Å². The fourth-order valence-corrected chi connectivity index (χ4v) is 2.26. The number of aryl methyl sites for hydroxylation is 1. The molecule has 0 aliphatic carbocycles. The number of esters is 1. The SMILES string of the molecule is COC(=O)C1(c2ccc(CC(C)C)c(C)c2)CO1. The summed E-state index contributed by atoms with van der Waals surface area (Å²) in [5.74, 6) is 0.319. The summed E-state index contributed by atoms with van der Waals surface area (Å²) in [5, 5.41) is 0. The Balaban J connectivity index is 2.27. The number of benzene rings is 1. The van der Waals surface area contributed by atoms with E-state index in [2.05, 4.69) is 26.8 Å². The van der Waals surface area contributed by atoms with E-state index in [0.29, 0.717) is 12.5 Å². The molecule has 1 aromatic carbocycles. The molecule has 2 rings (SSSR count). The number of epoxide rings is 1. The topological polar surface area (TPSA) is 38.8 Å². The first kappa shape index (κ1) is 13.1. The summed E-state index contributed by atoms with van der Waals surface area (Å²) in [6.07, 6.45) is 1.05. The van der Waals surface area contributed by atoms with Crippen molar-refractivity contribution in [3.05, 3.63) is 34.9 Å². The molecule has 18 heavy (non-hydrogen) atoms. The third kappa shape index (κ3) is 2.27. The van der Waals surface area contributed by atoms with Crippen molar-refractivity contribution in [2.24, 2.45) is 5.92 Å². The van der Waals surface area contributed by atoms with Crippen LogP contribution in [-0.2, 0) is 26.3 Å². The van der Waals surface area contributed by atoms with Gasteiger partial charge in [0.2, 0.25) is 5.60 Å². The minimum Gasteiger partial charge on any atom is -0.467 e. The van der Waals surface area contributed by atoms with E-state index in [0.717, 1.165) is 12.0 Å². The maximum atomic E-state index is 11.7. The van der Waals surface area contributed by atoms with E-state index in [1.807, 2.05) is 12.1 Å². The lowest BCUT2D eigenvalue weighted by atomic mass is 9.92. The fraction of sp³-hybridized carbons (Fsp3) is 0.533. The largest absolute Gasteiger partial charge is 0.467 e. The molecule has 1 aromatic rings. The lowest BCUT2D eigenvalue weighted by molar-refractivity contribution is -0.147. The van der Waals surface area contributed by atoms with E-state index in [-0.39, 0.29) is 5.97 Å². The molecular weight excluding hydrogens is 228 g/mol. The zero-order valence-electron chi connectivity index (χ0n) is 11.4. The third-order valence-electron chi connectivity index (χ3n) is 3.39. The molecule has 1 fully saturated rings. The Bertz CT molecular complexity index is 459. The molecule has 0 bridgehead atoms. The van der Waals surface area contributed by atoms with Gasteiger partial charge in [0.15, 0.2) is 0 Å². The van der Waals surface area contributed by atoms with Crippen molar-refractivity contribution in [1.82, 2.24) is 0 Å². The van der Waals surface area contributed by atoms with Crippen molar-refractivity contribution < 1.29 is 14.3 Å². The predicted molar refractivity (Wildman–Crippen MR) is 69.4 cm³/mol. The van der Waals surface area contributed by atoms with Crippen LogP contribution in [0.4, 0.5) is 0 Å². The fourth-order valence-electron chi connectivity index (χ4n) is 2.26. The van der Waals surface area contributed by atoms with Gasteiger partial charge in [-0.1, -0.05) is 32.0 Å². The molecule has 0 radical (unpaired) electrons. The standard InChI is InChI=1S/C15H20O3/c1-10(2)7-12-5-6-13(8-11(12)3)15(9-18-15)14(16)17-4/h5-6,8,10H,7,9H2,1-4H3. The average molecular weight is 248 g/mol. The van der Waals surface area contributed by atoms with Crippen LogP contribution < -0.4 is 0 Å². The Morgan fingerprint density at radius 2 is 2.17 bits per heavy atom. The first-order chi connectivity index (χ1) is 8.49. The Hall–Kier alpha value is -1.35. The van der Waals surface area contributed by atoms with E-state index in [4.69, 9.17) is 9.47 Å². The summed E-state index contributed by atoms with van der Waals surface area (Å²) < 4.78 is 10.1. The second-order valence-corrected chi connectivity index (χ2v) is 5.35. The predicted octanol–water partition coefficient (Wildman–Crippen LogP) is 2.59. The van der Waals surface area contributed by atoms with Crippen LogP contribution in [0.3, 0.4) is 0 Å². The monoisotopic (exact) mass is 248 g/mol. The van der Waals surface area contributed by atoms with Gasteiger partial charge < -0.3 is 9.47 Å². The molecule has 1 atom stereocenters. The average Bonchev–Trinajstić information content (AvgIpc) is 3.11. The Labute approximate surface area is 108 Å².